The Balaban J connectivity index is 0.000000512. The Labute approximate surface area is 178 Å². The summed E-state index contributed by atoms with van der Waals surface area (Å²) >= 11 is 0. The third-order valence-electron chi connectivity index (χ3n) is 3.97. The molecule has 0 aliphatic carbocycles. The molecular formula is C20H21F3N2O5S. The van der Waals surface area contributed by atoms with Gasteiger partial charge in [0.1, 0.15) is 13.7 Å². The lowest BCUT2D eigenvalue weighted by Crippen LogP contribution is -2.31. The molecular weight excluding hydrogens is 437 g/mol. The number of carbonyl (C=O) groups excluding carboxylic acids is 1. The average Bonchev–Trinajstić information content (AvgIpc) is 2.65. The molecule has 0 bridgehead atoms. The van der Waals surface area contributed by atoms with Crippen molar-refractivity contribution in [3.63, 3.8) is 0 Å². The second-order valence-corrected chi connectivity index (χ2v) is 8.82. The van der Waals surface area contributed by atoms with E-state index in [2.05, 4.69) is 26.8 Å². The lowest BCUT2D eigenvalue weighted by molar-refractivity contribution is -0.674. The summed E-state index contributed by atoms with van der Waals surface area (Å²) in [6, 6.07) is 13.1. The van der Waals surface area contributed by atoms with E-state index in [-0.39, 0.29) is 18.0 Å². The first kappa shape index (κ1) is 26.1. The third kappa shape index (κ3) is 7.99. The van der Waals surface area contributed by atoms with Crippen LogP contribution < -0.4 is 4.57 Å². The van der Waals surface area contributed by atoms with Gasteiger partial charge in [-0.3, -0.25) is 0 Å². The molecule has 0 radical (unpaired) electrons. The van der Waals surface area contributed by atoms with Crippen molar-refractivity contribution in [1.29, 1.82) is 5.26 Å². The molecule has 0 amide bonds. The highest BCUT2D eigenvalue weighted by Gasteiger charge is 2.36. The highest BCUT2D eigenvalue weighted by Crippen LogP contribution is 2.22. The lowest BCUT2D eigenvalue weighted by Gasteiger charge is -2.18. The van der Waals surface area contributed by atoms with Crippen molar-refractivity contribution in [2.45, 2.75) is 38.3 Å². The van der Waals surface area contributed by atoms with Gasteiger partial charge in [-0.1, -0.05) is 32.9 Å². The van der Waals surface area contributed by atoms with Crippen LogP contribution in [0.1, 0.15) is 48.0 Å². The summed E-state index contributed by atoms with van der Waals surface area (Å²) in [5.74, 6) is -0.364. The number of pyridine rings is 1. The maximum absolute atomic E-state index is 12.1. The van der Waals surface area contributed by atoms with E-state index in [1.807, 2.05) is 18.2 Å². The average molecular weight is 458 g/mol. The maximum atomic E-state index is 12.1. The second-order valence-electron chi connectivity index (χ2n) is 7.45. The molecule has 7 nitrogen and oxygen atoms in total. The number of carbonyl (C=O) groups is 1. The Kier molecular flexibility index (Phi) is 8.32. The van der Waals surface area contributed by atoms with E-state index in [0.29, 0.717) is 11.3 Å². The zero-order valence-corrected chi connectivity index (χ0v) is 18.0. The number of nitriles is 1. The second kappa shape index (κ2) is 9.89. The first-order chi connectivity index (χ1) is 14.1. The fourth-order valence-corrected chi connectivity index (χ4v) is 2.15. The fourth-order valence-electron chi connectivity index (χ4n) is 2.15. The van der Waals surface area contributed by atoms with Gasteiger partial charge in [0.25, 0.3) is 5.69 Å². The molecule has 2 rings (SSSR count). The van der Waals surface area contributed by atoms with E-state index in [4.69, 9.17) is 23.0 Å². The highest BCUT2D eigenvalue weighted by molar-refractivity contribution is 7.86. The molecule has 0 aliphatic heterocycles. The number of nitrogens with zero attached hydrogens (tertiary/aromatic N) is 2. The number of benzene rings is 1. The Morgan fingerprint density at radius 1 is 1.16 bits per heavy atom. The molecule has 0 saturated carbocycles. The number of alkyl halides is 3. The quantitative estimate of drug-likeness (QED) is 0.302. The molecule has 2 aromatic rings. The molecule has 1 aromatic heterocycles. The summed E-state index contributed by atoms with van der Waals surface area (Å²) < 4.78 is 65.9. The molecule has 0 saturated heterocycles. The Morgan fingerprint density at radius 3 is 2.10 bits per heavy atom. The van der Waals surface area contributed by atoms with Crippen molar-refractivity contribution in [2.75, 3.05) is 0 Å². The SMILES string of the molecule is C[n+]1ccc(COC(=O)c2ccc(C(C)(C)C)cc2)cc1C#N.O=S(=O)([O-])C(F)(F)F. The summed E-state index contributed by atoms with van der Waals surface area (Å²) in [6.45, 7) is 6.53. The van der Waals surface area contributed by atoms with Crippen LogP contribution in [0.4, 0.5) is 13.2 Å². The first-order valence-electron chi connectivity index (χ1n) is 8.74. The van der Waals surface area contributed by atoms with Gasteiger partial charge in [0, 0.05) is 17.7 Å². The summed E-state index contributed by atoms with van der Waals surface area (Å²) in [7, 11) is -4.29. The molecule has 0 aliphatic rings. The largest absolute Gasteiger partial charge is 0.741 e. The van der Waals surface area contributed by atoms with E-state index >= 15 is 0 Å². The summed E-state index contributed by atoms with van der Waals surface area (Å²) in [4.78, 5) is 12.1. The van der Waals surface area contributed by atoms with Gasteiger partial charge in [-0.05, 0) is 23.1 Å². The van der Waals surface area contributed by atoms with Crippen molar-refractivity contribution >= 4 is 16.1 Å². The van der Waals surface area contributed by atoms with Crippen LogP contribution in [0.15, 0.2) is 42.6 Å². The Morgan fingerprint density at radius 2 is 1.68 bits per heavy atom. The van der Waals surface area contributed by atoms with Crippen LogP contribution in [0.5, 0.6) is 0 Å². The Bertz CT molecular complexity index is 1070. The topological polar surface area (TPSA) is 111 Å². The van der Waals surface area contributed by atoms with Gasteiger partial charge in [0.05, 0.1) is 5.56 Å². The molecule has 0 fully saturated rings. The minimum Gasteiger partial charge on any atom is -0.741 e. The van der Waals surface area contributed by atoms with Crippen molar-refractivity contribution < 1.29 is 40.2 Å². The molecule has 31 heavy (non-hydrogen) atoms. The van der Waals surface area contributed by atoms with Crippen LogP contribution in [0.2, 0.25) is 0 Å². The van der Waals surface area contributed by atoms with E-state index in [9.17, 15) is 18.0 Å². The Hall–Kier alpha value is -2.97. The van der Waals surface area contributed by atoms with E-state index in [1.165, 1.54) is 5.56 Å². The van der Waals surface area contributed by atoms with Gasteiger partial charge in [0.15, 0.2) is 22.4 Å². The van der Waals surface area contributed by atoms with Crippen molar-refractivity contribution in [3.05, 3.63) is 65.0 Å². The van der Waals surface area contributed by atoms with E-state index in [0.717, 1.165) is 5.56 Å². The lowest BCUT2D eigenvalue weighted by atomic mass is 9.87. The van der Waals surface area contributed by atoms with Crippen molar-refractivity contribution in [1.82, 2.24) is 0 Å². The van der Waals surface area contributed by atoms with Crippen LogP contribution in [0, 0.1) is 11.3 Å². The summed E-state index contributed by atoms with van der Waals surface area (Å²) in [5, 5.41) is 9.01. The van der Waals surface area contributed by atoms with Crippen LogP contribution >= 0.6 is 0 Å². The number of aromatic nitrogens is 1. The van der Waals surface area contributed by atoms with Gasteiger partial charge in [-0.15, -0.1) is 0 Å². The smallest absolute Gasteiger partial charge is 0.485 e. The number of ether oxygens (including phenoxy) is 1. The van der Waals surface area contributed by atoms with Crippen LogP contribution in [0.25, 0.3) is 0 Å². The summed E-state index contributed by atoms with van der Waals surface area (Å²) in [6.07, 6.45) is 1.78. The minimum absolute atomic E-state index is 0.0513. The predicted octanol–water partition coefficient (Wildman–Crippen LogP) is 3.09. The van der Waals surface area contributed by atoms with Crippen LogP contribution in [0.3, 0.4) is 0 Å². The number of hydrogen-bond donors (Lipinski definition) is 0. The number of rotatable bonds is 3. The van der Waals surface area contributed by atoms with E-state index in [1.54, 1.807) is 36.0 Å². The standard InChI is InChI=1S/C19H21N2O2.CHF3O3S/c1-19(2,3)16-7-5-15(6-8-16)18(22)23-13-14-9-10-21(4)17(11-14)12-20;2-1(3,4)8(5,6)7/h5-11H,13H2,1-4H3;(H,5,6,7)/q+1;/p-1. The molecule has 0 unspecified atom stereocenters. The zero-order chi connectivity index (χ0) is 24.0. The maximum Gasteiger partial charge on any atom is 0.485 e. The number of esters is 1. The van der Waals surface area contributed by atoms with E-state index < -0.39 is 15.6 Å². The van der Waals surface area contributed by atoms with Crippen molar-refractivity contribution in [3.8, 4) is 6.07 Å². The fraction of sp³-hybridized carbons (Fsp3) is 0.350. The normalized spacial score (nSPS) is 11.7. The van der Waals surface area contributed by atoms with Crippen LogP contribution in [-0.2, 0) is 33.9 Å². The first-order valence-corrected chi connectivity index (χ1v) is 10.2. The minimum atomic E-state index is -6.09. The predicted molar refractivity (Wildman–Crippen MR) is 102 cm³/mol. The molecule has 1 aromatic carbocycles. The third-order valence-corrected chi connectivity index (χ3v) is 4.54. The molecule has 0 atom stereocenters. The van der Waals surface area contributed by atoms with Gasteiger partial charge >= 0.3 is 11.5 Å². The molecule has 0 N–H and O–H groups in total. The van der Waals surface area contributed by atoms with Gasteiger partial charge in [0.2, 0.25) is 0 Å². The number of halogens is 3. The monoisotopic (exact) mass is 458 g/mol. The molecule has 0 spiro atoms. The zero-order valence-electron chi connectivity index (χ0n) is 17.2. The van der Waals surface area contributed by atoms with Gasteiger partial charge in [-0.2, -0.15) is 23.0 Å². The van der Waals surface area contributed by atoms with Gasteiger partial charge < -0.3 is 9.29 Å². The highest BCUT2D eigenvalue weighted by atomic mass is 32.2. The number of aryl methyl sites for hydroxylation is 1. The number of hydrogen-bond acceptors (Lipinski definition) is 6. The molecule has 168 valence electrons. The van der Waals surface area contributed by atoms with Crippen LogP contribution in [-0.4, -0.2) is 24.4 Å². The summed E-state index contributed by atoms with van der Waals surface area (Å²) in [5.41, 5.74) is -2.58. The van der Waals surface area contributed by atoms with Gasteiger partial charge in [-0.25, -0.2) is 13.2 Å². The molecule has 1 heterocycles. The van der Waals surface area contributed by atoms with Crippen molar-refractivity contribution in [2.24, 2.45) is 7.05 Å². The molecule has 11 heteroatoms.